The van der Waals surface area contributed by atoms with Gasteiger partial charge in [-0.15, -0.1) is 0 Å². The molecular formula is C28H25N5O4S. The molecular weight excluding hydrogens is 502 g/mol. The zero-order valence-electron chi connectivity index (χ0n) is 20.9. The summed E-state index contributed by atoms with van der Waals surface area (Å²) in [4.78, 5) is 24.9. The van der Waals surface area contributed by atoms with Gasteiger partial charge >= 0.3 is 0 Å². The van der Waals surface area contributed by atoms with E-state index in [1.165, 1.54) is 24.3 Å². The molecule has 10 heteroatoms. The molecule has 38 heavy (non-hydrogen) atoms. The summed E-state index contributed by atoms with van der Waals surface area (Å²) in [6, 6.07) is 19.0. The van der Waals surface area contributed by atoms with Crippen LogP contribution < -0.4 is 15.2 Å². The molecule has 0 bridgehead atoms. The molecule has 3 aromatic heterocycles. The van der Waals surface area contributed by atoms with Gasteiger partial charge in [-0.1, -0.05) is 29.8 Å². The van der Waals surface area contributed by atoms with E-state index in [0.29, 0.717) is 11.4 Å². The van der Waals surface area contributed by atoms with E-state index in [2.05, 4.69) is 19.7 Å². The zero-order chi connectivity index (χ0) is 27.0. The molecule has 0 radical (unpaired) electrons. The second-order valence-electron chi connectivity index (χ2n) is 8.99. The van der Waals surface area contributed by atoms with Gasteiger partial charge in [0.25, 0.3) is 15.9 Å². The third kappa shape index (κ3) is 4.94. The standard InChI is InChI=1S/C28H25N5O4S/c1-16-13-17(2)26(18(3)14-16)37-28-21(27(34)33-38(35,36)25-6-4-5-24(29)32-25)8-10-23(31-28)19-7-9-22-20(15-19)11-12-30-22/h4-15,30H,1-3H3,(H2,29,32)(H,33,34). The molecule has 2 aromatic carbocycles. The van der Waals surface area contributed by atoms with Gasteiger partial charge < -0.3 is 15.5 Å². The average molecular weight is 528 g/mol. The zero-order valence-corrected chi connectivity index (χ0v) is 21.8. The van der Waals surface area contributed by atoms with E-state index in [0.717, 1.165) is 33.2 Å². The molecule has 0 unspecified atom stereocenters. The van der Waals surface area contributed by atoms with Crippen LogP contribution in [-0.2, 0) is 10.0 Å². The molecule has 4 N–H and O–H groups in total. The molecule has 5 rings (SSSR count). The Balaban J connectivity index is 1.58. The number of nitrogen functional groups attached to an aromatic ring is 1. The Hall–Kier alpha value is -4.70. The Kier molecular flexibility index (Phi) is 6.33. The van der Waals surface area contributed by atoms with Crippen LogP contribution in [0, 0.1) is 20.8 Å². The van der Waals surface area contributed by atoms with Crippen LogP contribution in [0.2, 0.25) is 0 Å². The number of rotatable bonds is 6. The minimum absolute atomic E-state index is 0.0140. The predicted molar refractivity (Wildman–Crippen MR) is 146 cm³/mol. The van der Waals surface area contributed by atoms with Gasteiger partial charge in [-0.2, -0.15) is 8.42 Å². The predicted octanol–water partition coefficient (Wildman–Crippen LogP) is 5.04. The molecule has 1 amide bonds. The van der Waals surface area contributed by atoms with E-state index in [9.17, 15) is 13.2 Å². The van der Waals surface area contributed by atoms with Crippen molar-refractivity contribution in [2.24, 2.45) is 0 Å². The lowest BCUT2D eigenvalue weighted by molar-refractivity contribution is 0.0978. The van der Waals surface area contributed by atoms with Crippen LogP contribution in [0.25, 0.3) is 22.2 Å². The van der Waals surface area contributed by atoms with E-state index in [4.69, 9.17) is 10.5 Å². The van der Waals surface area contributed by atoms with Crippen LogP contribution in [0.5, 0.6) is 11.6 Å². The number of nitrogens with one attached hydrogen (secondary N) is 2. The Bertz CT molecular complexity index is 1790. The number of carbonyl (C=O) groups excluding carboxylic acids is 1. The van der Waals surface area contributed by atoms with Crippen molar-refractivity contribution in [3.8, 4) is 22.9 Å². The summed E-state index contributed by atoms with van der Waals surface area (Å²) in [5.74, 6) is -0.387. The molecule has 9 nitrogen and oxygen atoms in total. The van der Waals surface area contributed by atoms with Gasteiger partial charge in [0, 0.05) is 22.7 Å². The fourth-order valence-electron chi connectivity index (χ4n) is 4.30. The van der Waals surface area contributed by atoms with Gasteiger partial charge in [-0.25, -0.2) is 14.7 Å². The first-order valence-electron chi connectivity index (χ1n) is 11.7. The number of amides is 1. The fourth-order valence-corrected chi connectivity index (χ4v) is 5.24. The number of H-pyrrole nitrogens is 1. The Morgan fingerprint density at radius 1 is 0.947 bits per heavy atom. The van der Waals surface area contributed by atoms with Gasteiger partial charge in [0.1, 0.15) is 17.1 Å². The number of fused-ring (bicyclic) bond motifs is 1. The number of pyridine rings is 2. The lowest BCUT2D eigenvalue weighted by atomic mass is 10.1. The first-order valence-corrected chi connectivity index (χ1v) is 13.2. The molecule has 0 saturated carbocycles. The number of benzene rings is 2. The van der Waals surface area contributed by atoms with Crippen molar-refractivity contribution in [1.29, 1.82) is 0 Å². The van der Waals surface area contributed by atoms with Crippen molar-refractivity contribution in [3.63, 3.8) is 0 Å². The Morgan fingerprint density at radius 2 is 1.71 bits per heavy atom. The summed E-state index contributed by atoms with van der Waals surface area (Å²) in [6.07, 6.45) is 1.85. The number of aryl methyl sites for hydroxylation is 3. The van der Waals surface area contributed by atoms with Crippen molar-refractivity contribution >= 4 is 32.7 Å². The fraction of sp³-hybridized carbons (Fsp3) is 0.107. The maximum absolute atomic E-state index is 13.3. The maximum Gasteiger partial charge on any atom is 0.281 e. The summed E-state index contributed by atoms with van der Waals surface area (Å²) < 4.78 is 34.0. The van der Waals surface area contributed by atoms with Crippen molar-refractivity contribution in [1.82, 2.24) is 19.7 Å². The number of hydrogen-bond donors (Lipinski definition) is 3. The third-order valence-corrected chi connectivity index (χ3v) is 7.24. The number of hydrogen-bond acceptors (Lipinski definition) is 7. The van der Waals surface area contributed by atoms with Crippen LogP contribution in [0.3, 0.4) is 0 Å². The summed E-state index contributed by atoms with van der Waals surface area (Å²) in [5, 5.41) is 0.627. The smallest absolute Gasteiger partial charge is 0.281 e. The number of carbonyl (C=O) groups is 1. The number of anilines is 1. The van der Waals surface area contributed by atoms with E-state index < -0.39 is 15.9 Å². The summed E-state index contributed by atoms with van der Waals surface area (Å²) >= 11 is 0. The number of aromatic nitrogens is 3. The van der Waals surface area contributed by atoms with Gasteiger partial charge in [0.2, 0.25) is 5.88 Å². The average Bonchev–Trinajstić information content (AvgIpc) is 3.34. The third-order valence-electron chi connectivity index (χ3n) is 6.00. The van der Waals surface area contributed by atoms with Crippen LogP contribution in [0.4, 0.5) is 5.82 Å². The number of sulfonamides is 1. The topological polar surface area (TPSA) is 140 Å². The first-order chi connectivity index (χ1) is 18.1. The molecule has 0 aliphatic rings. The molecule has 0 aliphatic carbocycles. The van der Waals surface area contributed by atoms with Crippen molar-refractivity contribution in [2.75, 3.05) is 5.73 Å². The van der Waals surface area contributed by atoms with E-state index in [-0.39, 0.29) is 22.3 Å². The lowest BCUT2D eigenvalue weighted by Crippen LogP contribution is -2.31. The van der Waals surface area contributed by atoms with E-state index >= 15 is 0 Å². The van der Waals surface area contributed by atoms with Crippen LogP contribution >= 0.6 is 0 Å². The molecule has 0 spiro atoms. The molecule has 0 atom stereocenters. The number of nitrogens with two attached hydrogens (primary N) is 1. The van der Waals surface area contributed by atoms with Crippen LogP contribution in [0.15, 0.2) is 78.0 Å². The van der Waals surface area contributed by atoms with Crippen LogP contribution in [0.1, 0.15) is 27.0 Å². The monoisotopic (exact) mass is 527 g/mol. The number of ether oxygens (including phenoxy) is 1. The molecule has 0 aliphatic heterocycles. The van der Waals surface area contributed by atoms with Crippen LogP contribution in [-0.4, -0.2) is 29.3 Å². The van der Waals surface area contributed by atoms with Crippen molar-refractivity contribution < 1.29 is 17.9 Å². The Morgan fingerprint density at radius 3 is 2.45 bits per heavy atom. The van der Waals surface area contributed by atoms with Gasteiger partial charge in [0.05, 0.1) is 5.69 Å². The molecule has 0 saturated heterocycles. The highest BCUT2D eigenvalue weighted by Crippen LogP contribution is 2.33. The molecule has 192 valence electrons. The highest BCUT2D eigenvalue weighted by molar-refractivity contribution is 7.90. The maximum atomic E-state index is 13.3. The SMILES string of the molecule is Cc1cc(C)c(Oc2nc(-c3ccc4[nH]ccc4c3)ccc2C(=O)NS(=O)(=O)c2cccc(N)n2)c(C)c1. The quantitative estimate of drug-likeness (QED) is 0.281. The number of aromatic amines is 1. The lowest BCUT2D eigenvalue weighted by Gasteiger charge is -2.16. The Labute approximate surface area is 219 Å². The second-order valence-corrected chi connectivity index (χ2v) is 10.6. The molecule has 3 heterocycles. The van der Waals surface area contributed by atoms with E-state index in [1.54, 1.807) is 6.07 Å². The largest absolute Gasteiger partial charge is 0.438 e. The molecule has 0 fully saturated rings. The first kappa shape index (κ1) is 25.0. The summed E-state index contributed by atoms with van der Waals surface area (Å²) in [7, 11) is -4.30. The van der Waals surface area contributed by atoms with Crippen molar-refractivity contribution in [3.05, 3.63) is 95.2 Å². The van der Waals surface area contributed by atoms with Gasteiger partial charge in [0.15, 0.2) is 5.03 Å². The highest BCUT2D eigenvalue weighted by atomic mass is 32.2. The number of nitrogens with zero attached hydrogens (tertiary/aromatic N) is 2. The minimum atomic E-state index is -4.30. The second kappa shape index (κ2) is 9.64. The van der Waals surface area contributed by atoms with Gasteiger partial charge in [-0.3, -0.25) is 4.79 Å². The van der Waals surface area contributed by atoms with Gasteiger partial charge in [-0.05, 0) is 74.4 Å². The highest BCUT2D eigenvalue weighted by Gasteiger charge is 2.25. The minimum Gasteiger partial charge on any atom is -0.438 e. The summed E-state index contributed by atoms with van der Waals surface area (Å²) in [6.45, 7) is 5.78. The van der Waals surface area contributed by atoms with E-state index in [1.807, 2.05) is 63.4 Å². The summed E-state index contributed by atoms with van der Waals surface area (Å²) in [5.41, 5.74) is 10.7. The normalized spacial score (nSPS) is 11.4. The molecule has 5 aromatic rings. The van der Waals surface area contributed by atoms with Crippen molar-refractivity contribution in [2.45, 2.75) is 25.8 Å².